The summed E-state index contributed by atoms with van der Waals surface area (Å²) in [6.45, 7) is 0. The minimum absolute atomic E-state index is 0.252. The van der Waals surface area contributed by atoms with E-state index in [1.807, 2.05) is 24.3 Å². The van der Waals surface area contributed by atoms with Crippen LogP contribution in [0.5, 0.6) is 0 Å². The van der Waals surface area contributed by atoms with Crippen LogP contribution >= 0.6 is 0 Å². The second-order valence-corrected chi connectivity index (χ2v) is 15.8. The maximum atomic E-state index is 6.83. The van der Waals surface area contributed by atoms with Gasteiger partial charge in [0.15, 0.2) is 5.84 Å². The number of hydrogen-bond donors (Lipinski definition) is 0. The van der Waals surface area contributed by atoms with Crippen LogP contribution in [0.2, 0.25) is 0 Å². The molecule has 9 aromatic carbocycles. The van der Waals surface area contributed by atoms with Crippen LogP contribution in [0.1, 0.15) is 22.9 Å². The van der Waals surface area contributed by atoms with Crippen molar-refractivity contribution in [2.45, 2.75) is 6.17 Å². The third-order valence-electron chi connectivity index (χ3n) is 12.2. The Morgan fingerprint density at radius 1 is 0.443 bits per heavy atom. The van der Waals surface area contributed by atoms with Crippen molar-refractivity contribution in [3.05, 3.63) is 223 Å². The first-order valence-electron chi connectivity index (χ1n) is 20.7. The molecule has 5 heteroatoms. The third-order valence-corrected chi connectivity index (χ3v) is 12.2. The Morgan fingerprint density at radius 2 is 1.08 bits per heavy atom. The molecule has 0 bridgehead atoms. The van der Waals surface area contributed by atoms with Gasteiger partial charge in [0.2, 0.25) is 0 Å². The molecule has 1 aliphatic heterocycles. The molecule has 3 heterocycles. The summed E-state index contributed by atoms with van der Waals surface area (Å²) in [6.07, 6.45) is -0.252. The van der Waals surface area contributed by atoms with Crippen molar-refractivity contribution in [2.75, 3.05) is 7.05 Å². The smallest absolute Gasteiger partial charge is 0.159 e. The first-order valence-corrected chi connectivity index (χ1v) is 20.7. The molecule has 0 N–H and O–H groups in total. The number of fused-ring (bicyclic) bond motifs is 8. The van der Waals surface area contributed by atoms with E-state index in [1.165, 1.54) is 32.9 Å². The average Bonchev–Trinajstić information content (AvgIpc) is 3.88. The predicted octanol–water partition coefficient (Wildman–Crippen LogP) is 14.0. The van der Waals surface area contributed by atoms with Crippen molar-refractivity contribution in [1.82, 2.24) is 9.47 Å². The summed E-state index contributed by atoms with van der Waals surface area (Å²) in [5.74, 6) is 1.56. The van der Waals surface area contributed by atoms with Crippen LogP contribution < -0.4 is 0 Å². The van der Waals surface area contributed by atoms with E-state index < -0.39 is 0 Å². The Morgan fingerprint density at radius 3 is 1.85 bits per heavy atom. The van der Waals surface area contributed by atoms with Gasteiger partial charge in [0.1, 0.15) is 23.2 Å². The van der Waals surface area contributed by atoms with Crippen LogP contribution in [0.15, 0.2) is 221 Å². The van der Waals surface area contributed by atoms with E-state index >= 15 is 0 Å². The topological polar surface area (TPSA) is 46.0 Å². The predicted molar refractivity (Wildman–Crippen MR) is 253 cm³/mol. The molecule has 0 saturated carbocycles. The van der Waals surface area contributed by atoms with Crippen molar-refractivity contribution in [3.63, 3.8) is 0 Å². The summed E-state index contributed by atoms with van der Waals surface area (Å²) < 4.78 is 9.21. The molecule has 0 radical (unpaired) electrons. The molecular formula is C56H38N4O. The number of para-hydroxylation sites is 1. The summed E-state index contributed by atoms with van der Waals surface area (Å²) >= 11 is 0. The lowest BCUT2D eigenvalue weighted by Gasteiger charge is -2.32. The van der Waals surface area contributed by atoms with E-state index in [4.69, 9.17) is 14.4 Å². The molecule has 0 spiro atoms. The molecule has 1 aliphatic rings. The van der Waals surface area contributed by atoms with Crippen LogP contribution in [-0.2, 0) is 0 Å². The number of hydrogen-bond acceptors (Lipinski definition) is 4. The monoisotopic (exact) mass is 782 g/mol. The summed E-state index contributed by atoms with van der Waals surface area (Å²) in [4.78, 5) is 12.7. The molecule has 1 unspecified atom stereocenters. The van der Waals surface area contributed by atoms with E-state index in [1.54, 1.807) is 0 Å². The zero-order chi connectivity index (χ0) is 40.4. The van der Waals surface area contributed by atoms with Gasteiger partial charge in [-0.2, -0.15) is 0 Å². The van der Waals surface area contributed by atoms with E-state index in [2.05, 4.69) is 199 Å². The van der Waals surface area contributed by atoms with Gasteiger partial charge in [-0.15, -0.1) is 0 Å². The Kier molecular flexibility index (Phi) is 8.07. The molecule has 0 aliphatic carbocycles. The molecule has 2 aromatic heterocycles. The lowest BCUT2D eigenvalue weighted by Crippen LogP contribution is -2.35. The molecule has 12 rings (SSSR count). The largest absolute Gasteiger partial charge is 0.456 e. The van der Waals surface area contributed by atoms with Crippen molar-refractivity contribution < 1.29 is 4.42 Å². The minimum atomic E-state index is -0.252. The highest BCUT2D eigenvalue weighted by Crippen LogP contribution is 2.43. The van der Waals surface area contributed by atoms with Crippen LogP contribution in [-0.4, -0.2) is 28.2 Å². The van der Waals surface area contributed by atoms with Gasteiger partial charge in [0, 0.05) is 45.4 Å². The molecular weight excluding hydrogens is 745 g/mol. The SMILES string of the molecule is CN1C(c2cccc3oc4cc(-c5ccc(-n6c7ccccc7c7cc(-c8ccccc8)ccc76)cc5)c5ccccc5c4c23)=NC(c2ccccc2)=NC1c1ccccc1. The Hall–Kier alpha value is -8.02. The molecule has 61 heavy (non-hydrogen) atoms. The summed E-state index contributed by atoms with van der Waals surface area (Å²) in [5.41, 5.74) is 12.9. The normalized spacial score (nSPS) is 14.3. The average molecular weight is 783 g/mol. The Bertz CT molecular complexity index is 3530. The standard InChI is InChI=1S/C56H38N4O/c1-59-55(39-20-9-4-10-21-39)57-54(38-18-7-3-8-19-38)58-56(59)45-25-15-27-50-53(45)52-44-24-12-11-22-42(44)46(35-51(52)61-50)37-28-31-41(32-29-37)60-48-26-14-13-23-43(48)47-34-40(30-33-49(47)60)36-16-5-2-6-17-36/h2-35,55H,1H3. The van der Waals surface area contributed by atoms with Gasteiger partial charge in [-0.1, -0.05) is 164 Å². The zero-order valence-electron chi connectivity index (χ0n) is 33.4. The maximum absolute atomic E-state index is 6.83. The highest BCUT2D eigenvalue weighted by Gasteiger charge is 2.29. The molecule has 0 saturated heterocycles. The van der Waals surface area contributed by atoms with E-state index in [9.17, 15) is 0 Å². The molecule has 0 amide bonds. The number of benzene rings is 9. The Balaban J connectivity index is 0.994. The van der Waals surface area contributed by atoms with E-state index in [0.717, 1.165) is 72.1 Å². The van der Waals surface area contributed by atoms with Crippen molar-refractivity contribution in [2.24, 2.45) is 9.98 Å². The third kappa shape index (κ3) is 5.70. The summed E-state index contributed by atoms with van der Waals surface area (Å²) in [6, 6.07) is 73.1. The molecule has 1 atom stereocenters. The molecule has 288 valence electrons. The van der Waals surface area contributed by atoms with Crippen LogP contribution in [0.3, 0.4) is 0 Å². The van der Waals surface area contributed by atoms with Gasteiger partial charge in [0.05, 0.1) is 11.0 Å². The van der Waals surface area contributed by atoms with Gasteiger partial charge in [-0.3, -0.25) is 0 Å². The number of aliphatic imine (C=N–C) groups is 2. The fourth-order valence-electron chi connectivity index (χ4n) is 9.38. The number of rotatable bonds is 6. The highest BCUT2D eigenvalue weighted by molar-refractivity contribution is 6.28. The summed E-state index contributed by atoms with van der Waals surface area (Å²) in [7, 11) is 2.09. The lowest BCUT2D eigenvalue weighted by atomic mass is 9.93. The number of nitrogens with zero attached hydrogens (tertiary/aromatic N) is 4. The lowest BCUT2D eigenvalue weighted by molar-refractivity contribution is 0.383. The number of furan rings is 1. The first kappa shape index (κ1) is 35.0. The second-order valence-electron chi connectivity index (χ2n) is 15.8. The van der Waals surface area contributed by atoms with Gasteiger partial charge in [-0.05, 0) is 81.1 Å². The molecule has 11 aromatic rings. The van der Waals surface area contributed by atoms with Gasteiger partial charge in [-0.25, -0.2) is 9.98 Å². The van der Waals surface area contributed by atoms with Crippen molar-refractivity contribution in [3.8, 4) is 27.9 Å². The van der Waals surface area contributed by atoms with Crippen LogP contribution in [0, 0.1) is 0 Å². The molecule has 0 fully saturated rings. The highest BCUT2D eigenvalue weighted by atomic mass is 16.3. The van der Waals surface area contributed by atoms with Gasteiger partial charge < -0.3 is 13.9 Å². The van der Waals surface area contributed by atoms with Crippen LogP contribution in [0.4, 0.5) is 0 Å². The maximum Gasteiger partial charge on any atom is 0.159 e. The fourth-order valence-corrected chi connectivity index (χ4v) is 9.38. The number of aromatic nitrogens is 1. The van der Waals surface area contributed by atoms with Crippen molar-refractivity contribution >= 4 is 66.2 Å². The van der Waals surface area contributed by atoms with Crippen molar-refractivity contribution in [1.29, 1.82) is 0 Å². The fraction of sp³-hybridized carbons (Fsp3) is 0.0357. The quantitative estimate of drug-likeness (QED) is 0.169. The number of amidine groups is 2. The van der Waals surface area contributed by atoms with Crippen LogP contribution in [0.25, 0.3) is 82.5 Å². The van der Waals surface area contributed by atoms with E-state index in [-0.39, 0.29) is 6.17 Å². The molecule has 5 nitrogen and oxygen atoms in total. The first-order chi connectivity index (χ1) is 30.2. The Labute approximate surface area is 352 Å². The van der Waals surface area contributed by atoms with Gasteiger partial charge >= 0.3 is 0 Å². The van der Waals surface area contributed by atoms with Gasteiger partial charge in [0.25, 0.3) is 0 Å². The second kappa shape index (κ2) is 14.1. The van der Waals surface area contributed by atoms with E-state index in [0.29, 0.717) is 5.84 Å². The minimum Gasteiger partial charge on any atom is -0.456 e. The summed E-state index contributed by atoms with van der Waals surface area (Å²) in [5, 5.41) is 6.91. The zero-order valence-corrected chi connectivity index (χ0v) is 33.4.